The monoisotopic (exact) mass is 400 g/mol. The van der Waals surface area contributed by atoms with Gasteiger partial charge in [0.25, 0.3) is 5.91 Å². The standard InChI is InChI=1S/C20H20N2O5S/c1-24-13-5-3-12(4-6-13)19(23)22-20-21-17-15(25-2)8-7-14(18(17)28-20)16-11-26-9-10-27-16/h3-8,16H,9-11H2,1-2H3,(H,21,22,23). The van der Waals surface area contributed by atoms with Gasteiger partial charge in [-0.05, 0) is 30.3 Å². The first-order chi connectivity index (χ1) is 13.7. The summed E-state index contributed by atoms with van der Waals surface area (Å²) in [6.45, 7) is 1.65. The zero-order valence-electron chi connectivity index (χ0n) is 15.6. The molecule has 28 heavy (non-hydrogen) atoms. The Balaban J connectivity index is 1.64. The van der Waals surface area contributed by atoms with Crippen LogP contribution in [0.2, 0.25) is 0 Å². The van der Waals surface area contributed by atoms with Crippen LogP contribution in [-0.2, 0) is 9.47 Å². The highest BCUT2D eigenvalue weighted by Gasteiger charge is 2.23. The minimum Gasteiger partial charge on any atom is -0.497 e. The van der Waals surface area contributed by atoms with Gasteiger partial charge in [0.05, 0.1) is 38.7 Å². The molecule has 1 aliphatic heterocycles. The first kappa shape index (κ1) is 18.7. The third-order valence-corrected chi connectivity index (χ3v) is 5.51. The lowest BCUT2D eigenvalue weighted by Crippen LogP contribution is -2.21. The Bertz CT molecular complexity index is 980. The van der Waals surface area contributed by atoms with E-state index in [9.17, 15) is 4.79 Å². The SMILES string of the molecule is COc1ccc(C(=O)Nc2nc3c(OC)ccc(C4COCCO4)c3s2)cc1. The number of nitrogens with one attached hydrogen (secondary N) is 1. The molecule has 1 amide bonds. The summed E-state index contributed by atoms with van der Waals surface area (Å²) in [7, 11) is 3.19. The number of ether oxygens (including phenoxy) is 4. The molecule has 146 valence electrons. The molecule has 8 heteroatoms. The number of methoxy groups -OCH3 is 2. The summed E-state index contributed by atoms with van der Waals surface area (Å²) in [4.78, 5) is 17.1. The smallest absolute Gasteiger partial charge is 0.257 e. The van der Waals surface area contributed by atoms with Gasteiger partial charge in [-0.1, -0.05) is 17.4 Å². The van der Waals surface area contributed by atoms with Crippen LogP contribution in [0.5, 0.6) is 11.5 Å². The largest absolute Gasteiger partial charge is 0.497 e. The van der Waals surface area contributed by atoms with Crippen LogP contribution in [-0.4, -0.2) is 44.9 Å². The summed E-state index contributed by atoms with van der Waals surface area (Å²) >= 11 is 1.39. The Kier molecular flexibility index (Phi) is 5.43. The van der Waals surface area contributed by atoms with Crippen LogP contribution in [0.1, 0.15) is 22.0 Å². The second kappa shape index (κ2) is 8.14. The van der Waals surface area contributed by atoms with E-state index >= 15 is 0 Å². The second-order valence-corrected chi connectivity index (χ2v) is 7.17. The zero-order valence-corrected chi connectivity index (χ0v) is 16.4. The predicted octanol–water partition coefficient (Wildman–Crippen LogP) is 3.65. The van der Waals surface area contributed by atoms with Crippen molar-refractivity contribution in [2.45, 2.75) is 6.10 Å². The second-order valence-electron chi connectivity index (χ2n) is 6.17. The molecule has 1 fully saturated rings. The number of amides is 1. The van der Waals surface area contributed by atoms with Crippen LogP contribution in [0.15, 0.2) is 36.4 Å². The van der Waals surface area contributed by atoms with Gasteiger partial charge in [0.1, 0.15) is 23.1 Å². The molecule has 2 heterocycles. The minimum absolute atomic E-state index is 0.159. The van der Waals surface area contributed by atoms with E-state index in [2.05, 4.69) is 10.3 Å². The number of carbonyl (C=O) groups is 1. The molecule has 2 aromatic carbocycles. The topological polar surface area (TPSA) is 78.9 Å². The number of carbonyl (C=O) groups excluding carboxylic acids is 1. The van der Waals surface area contributed by atoms with Crippen LogP contribution in [0.4, 0.5) is 5.13 Å². The van der Waals surface area contributed by atoms with Gasteiger partial charge in [0.2, 0.25) is 0 Å². The van der Waals surface area contributed by atoms with Crippen molar-refractivity contribution in [2.24, 2.45) is 0 Å². The lowest BCUT2D eigenvalue weighted by molar-refractivity contribution is -0.0895. The Labute approximate surface area is 166 Å². The molecular formula is C20H20N2O5S. The third-order valence-electron chi connectivity index (χ3n) is 4.49. The van der Waals surface area contributed by atoms with Crippen molar-refractivity contribution in [1.29, 1.82) is 0 Å². The van der Waals surface area contributed by atoms with Crippen LogP contribution < -0.4 is 14.8 Å². The van der Waals surface area contributed by atoms with Gasteiger partial charge in [-0.25, -0.2) is 4.98 Å². The van der Waals surface area contributed by atoms with Crippen molar-refractivity contribution < 1.29 is 23.7 Å². The summed E-state index contributed by atoms with van der Waals surface area (Å²) in [6, 6.07) is 10.7. The number of hydrogen-bond donors (Lipinski definition) is 1. The molecule has 1 N–H and O–H groups in total. The first-order valence-electron chi connectivity index (χ1n) is 8.82. The lowest BCUT2D eigenvalue weighted by Gasteiger charge is -2.23. The van der Waals surface area contributed by atoms with Crippen molar-refractivity contribution in [3.05, 3.63) is 47.5 Å². The van der Waals surface area contributed by atoms with Crippen LogP contribution in [0.25, 0.3) is 10.2 Å². The lowest BCUT2D eigenvalue weighted by atomic mass is 10.1. The number of thiazole rings is 1. The molecule has 1 aliphatic rings. The van der Waals surface area contributed by atoms with Crippen molar-refractivity contribution in [3.8, 4) is 11.5 Å². The highest BCUT2D eigenvalue weighted by Crippen LogP contribution is 2.39. The fraction of sp³-hybridized carbons (Fsp3) is 0.300. The molecule has 7 nitrogen and oxygen atoms in total. The van der Waals surface area contributed by atoms with Gasteiger partial charge < -0.3 is 18.9 Å². The summed E-state index contributed by atoms with van der Waals surface area (Å²) in [5, 5.41) is 3.37. The molecule has 0 spiro atoms. The van der Waals surface area contributed by atoms with E-state index in [1.54, 1.807) is 38.5 Å². The highest BCUT2D eigenvalue weighted by molar-refractivity contribution is 7.22. The molecule has 1 atom stereocenters. The number of hydrogen-bond acceptors (Lipinski definition) is 7. The summed E-state index contributed by atoms with van der Waals surface area (Å²) < 4.78 is 22.9. The average Bonchev–Trinajstić information content (AvgIpc) is 3.17. The molecule has 0 saturated carbocycles. The maximum Gasteiger partial charge on any atom is 0.257 e. The van der Waals surface area contributed by atoms with Crippen LogP contribution in [0, 0.1) is 0 Å². The summed E-state index contributed by atoms with van der Waals surface area (Å²) in [6.07, 6.45) is -0.159. The van der Waals surface area contributed by atoms with Crippen molar-refractivity contribution in [1.82, 2.24) is 4.98 Å². The Morgan fingerprint density at radius 3 is 2.64 bits per heavy atom. The molecule has 4 rings (SSSR count). The number of aromatic nitrogens is 1. The molecule has 0 radical (unpaired) electrons. The van der Waals surface area contributed by atoms with Gasteiger partial charge in [-0.3, -0.25) is 10.1 Å². The molecule has 0 bridgehead atoms. The fourth-order valence-electron chi connectivity index (χ4n) is 3.05. The molecule has 1 unspecified atom stereocenters. The molecular weight excluding hydrogens is 380 g/mol. The van der Waals surface area contributed by atoms with Crippen molar-refractivity contribution >= 4 is 32.6 Å². The van der Waals surface area contributed by atoms with E-state index in [4.69, 9.17) is 18.9 Å². The van der Waals surface area contributed by atoms with Gasteiger partial charge in [0, 0.05) is 11.1 Å². The minimum atomic E-state index is -0.237. The van der Waals surface area contributed by atoms with Crippen molar-refractivity contribution in [3.63, 3.8) is 0 Å². The first-order valence-corrected chi connectivity index (χ1v) is 9.63. The van der Waals surface area contributed by atoms with Crippen molar-refractivity contribution in [2.75, 3.05) is 39.4 Å². The summed E-state index contributed by atoms with van der Waals surface area (Å²) in [5.74, 6) is 1.11. The Morgan fingerprint density at radius 1 is 1.14 bits per heavy atom. The zero-order chi connectivity index (χ0) is 19.5. The maximum absolute atomic E-state index is 12.6. The molecule has 0 aliphatic carbocycles. The van der Waals surface area contributed by atoms with E-state index in [0.29, 0.717) is 47.5 Å². The van der Waals surface area contributed by atoms with E-state index in [-0.39, 0.29) is 12.0 Å². The van der Waals surface area contributed by atoms with Crippen LogP contribution >= 0.6 is 11.3 Å². The molecule has 3 aromatic rings. The molecule has 1 aromatic heterocycles. The summed E-state index contributed by atoms with van der Waals surface area (Å²) in [5.41, 5.74) is 2.21. The average molecular weight is 400 g/mol. The molecule has 1 saturated heterocycles. The van der Waals surface area contributed by atoms with E-state index in [0.717, 1.165) is 10.3 Å². The number of nitrogens with zero attached hydrogens (tertiary/aromatic N) is 1. The van der Waals surface area contributed by atoms with Gasteiger partial charge in [-0.15, -0.1) is 0 Å². The maximum atomic E-state index is 12.6. The van der Waals surface area contributed by atoms with Crippen LogP contribution in [0.3, 0.4) is 0 Å². The number of anilines is 1. The number of fused-ring (bicyclic) bond motifs is 1. The Hall–Kier alpha value is -2.68. The fourth-order valence-corrected chi connectivity index (χ4v) is 4.09. The van der Waals surface area contributed by atoms with E-state index in [1.165, 1.54) is 11.3 Å². The van der Waals surface area contributed by atoms with E-state index in [1.807, 2.05) is 12.1 Å². The Morgan fingerprint density at radius 2 is 1.96 bits per heavy atom. The highest BCUT2D eigenvalue weighted by atomic mass is 32.1. The predicted molar refractivity (Wildman–Crippen MR) is 107 cm³/mol. The van der Waals surface area contributed by atoms with Gasteiger partial charge >= 0.3 is 0 Å². The third kappa shape index (κ3) is 3.66. The van der Waals surface area contributed by atoms with E-state index < -0.39 is 0 Å². The quantitative estimate of drug-likeness (QED) is 0.704. The number of benzene rings is 2. The normalized spacial score (nSPS) is 16.7. The van der Waals surface area contributed by atoms with Gasteiger partial charge in [-0.2, -0.15) is 0 Å². The van der Waals surface area contributed by atoms with Gasteiger partial charge in [0.15, 0.2) is 5.13 Å². The number of rotatable bonds is 5.